The molecule has 0 saturated heterocycles. The molecule has 1 unspecified atom stereocenters. The average Bonchev–Trinajstić information content (AvgIpc) is 2.41. The van der Waals surface area contributed by atoms with Crippen LogP contribution in [-0.2, 0) is 0 Å². The largest absolute Gasteiger partial charge is 0.304 e. The summed E-state index contributed by atoms with van der Waals surface area (Å²) in [6.45, 7) is 11.0. The van der Waals surface area contributed by atoms with Gasteiger partial charge in [0, 0.05) is 12.1 Å². The van der Waals surface area contributed by atoms with Crippen LogP contribution in [0.1, 0.15) is 53.7 Å². The highest BCUT2D eigenvalue weighted by Gasteiger charge is 2.13. The molecule has 2 atom stereocenters. The summed E-state index contributed by atoms with van der Waals surface area (Å²) in [7, 11) is 0. The molecule has 20 heavy (non-hydrogen) atoms. The quantitative estimate of drug-likeness (QED) is 0.819. The van der Waals surface area contributed by atoms with Gasteiger partial charge in [-0.2, -0.15) is 0 Å². The topological polar surface area (TPSA) is 12.0 Å². The molecule has 1 nitrogen and oxygen atoms in total. The van der Waals surface area contributed by atoms with Crippen molar-refractivity contribution in [1.82, 2.24) is 5.32 Å². The van der Waals surface area contributed by atoms with Crippen LogP contribution >= 0.6 is 0 Å². The Morgan fingerprint density at radius 3 is 2.20 bits per heavy atom. The highest BCUT2D eigenvalue weighted by Crippen LogP contribution is 2.23. The molecule has 2 rings (SSSR count). The predicted octanol–water partition coefficient (Wildman–Crippen LogP) is 5.02. The molecule has 0 bridgehead atoms. The molecule has 0 radical (unpaired) electrons. The Bertz CT molecular complexity index is 586. The molecule has 0 aliphatic carbocycles. The van der Waals surface area contributed by atoms with E-state index in [0.29, 0.717) is 12.1 Å². The second-order valence-electron chi connectivity index (χ2n) is 5.88. The summed E-state index contributed by atoms with van der Waals surface area (Å²) >= 11 is 0. The van der Waals surface area contributed by atoms with Gasteiger partial charge in [0.2, 0.25) is 0 Å². The first-order valence-electron chi connectivity index (χ1n) is 7.37. The van der Waals surface area contributed by atoms with Crippen LogP contribution in [0.5, 0.6) is 0 Å². The fourth-order valence-electron chi connectivity index (χ4n) is 2.73. The van der Waals surface area contributed by atoms with Gasteiger partial charge in [0.05, 0.1) is 0 Å². The van der Waals surface area contributed by atoms with E-state index in [-0.39, 0.29) is 0 Å². The molecule has 0 fully saturated rings. The van der Waals surface area contributed by atoms with Gasteiger partial charge >= 0.3 is 0 Å². The van der Waals surface area contributed by atoms with Crippen molar-refractivity contribution in [3.63, 3.8) is 0 Å². The van der Waals surface area contributed by atoms with Gasteiger partial charge in [0.1, 0.15) is 0 Å². The lowest BCUT2D eigenvalue weighted by Gasteiger charge is -2.23. The standard InChI is InChI=1S/C19H25N/c1-13-7-6-8-18(11-13)16(4)20-17(5)19-12-14(2)9-10-15(19)3/h6-12,16-17,20H,1-5H3/t16-,17?/m0/s1. The predicted molar refractivity (Wildman–Crippen MR) is 87.1 cm³/mol. The van der Waals surface area contributed by atoms with Crippen molar-refractivity contribution in [3.05, 3.63) is 70.3 Å². The lowest BCUT2D eigenvalue weighted by molar-refractivity contribution is 0.493. The highest BCUT2D eigenvalue weighted by molar-refractivity contribution is 5.33. The SMILES string of the molecule is Cc1cccc([C@H](C)NC(C)c2cc(C)ccc2C)c1. The minimum Gasteiger partial charge on any atom is -0.304 e. The first-order chi connectivity index (χ1) is 9.47. The Morgan fingerprint density at radius 1 is 0.800 bits per heavy atom. The smallest absolute Gasteiger partial charge is 0.0300 e. The number of rotatable bonds is 4. The lowest BCUT2D eigenvalue weighted by Crippen LogP contribution is -2.23. The van der Waals surface area contributed by atoms with E-state index in [1.165, 1.54) is 27.8 Å². The van der Waals surface area contributed by atoms with E-state index in [4.69, 9.17) is 0 Å². The molecule has 106 valence electrons. The molecule has 0 aliphatic rings. The van der Waals surface area contributed by atoms with Gasteiger partial charge in [-0.1, -0.05) is 53.6 Å². The van der Waals surface area contributed by atoms with Gasteiger partial charge in [0.25, 0.3) is 0 Å². The van der Waals surface area contributed by atoms with E-state index in [1.54, 1.807) is 0 Å². The molecule has 1 heteroatoms. The molecule has 0 spiro atoms. The summed E-state index contributed by atoms with van der Waals surface area (Å²) in [6, 6.07) is 16.1. The summed E-state index contributed by atoms with van der Waals surface area (Å²) in [4.78, 5) is 0. The van der Waals surface area contributed by atoms with Gasteiger partial charge in [-0.25, -0.2) is 0 Å². The summed E-state index contributed by atoms with van der Waals surface area (Å²) in [5, 5.41) is 3.71. The zero-order chi connectivity index (χ0) is 14.7. The van der Waals surface area contributed by atoms with Crippen molar-refractivity contribution in [2.24, 2.45) is 0 Å². The first-order valence-corrected chi connectivity index (χ1v) is 7.37. The van der Waals surface area contributed by atoms with Gasteiger partial charge in [-0.05, 0) is 51.3 Å². The molecule has 0 saturated carbocycles. The lowest BCUT2D eigenvalue weighted by atomic mass is 9.98. The third-order valence-electron chi connectivity index (χ3n) is 3.94. The summed E-state index contributed by atoms with van der Waals surface area (Å²) in [5.74, 6) is 0. The van der Waals surface area contributed by atoms with Gasteiger partial charge in [-0.15, -0.1) is 0 Å². The maximum atomic E-state index is 3.71. The fourth-order valence-corrected chi connectivity index (χ4v) is 2.73. The van der Waals surface area contributed by atoms with E-state index in [0.717, 1.165) is 0 Å². The summed E-state index contributed by atoms with van der Waals surface area (Å²) in [6.07, 6.45) is 0. The number of benzene rings is 2. The van der Waals surface area contributed by atoms with E-state index in [9.17, 15) is 0 Å². The maximum Gasteiger partial charge on any atom is 0.0300 e. The van der Waals surface area contributed by atoms with Crippen LogP contribution in [0.2, 0.25) is 0 Å². The van der Waals surface area contributed by atoms with E-state index >= 15 is 0 Å². The number of hydrogen-bond acceptors (Lipinski definition) is 1. The van der Waals surface area contributed by atoms with Crippen molar-refractivity contribution < 1.29 is 0 Å². The highest BCUT2D eigenvalue weighted by atomic mass is 14.9. The minimum atomic E-state index is 0.352. The third kappa shape index (κ3) is 3.49. The van der Waals surface area contributed by atoms with Crippen molar-refractivity contribution in [2.45, 2.75) is 46.7 Å². The molecule has 2 aromatic carbocycles. The first kappa shape index (κ1) is 14.8. The molecule has 0 heterocycles. The fraction of sp³-hybridized carbons (Fsp3) is 0.368. The van der Waals surface area contributed by atoms with Gasteiger partial charge in [-0.3, -0.25) is 0 Å². The summed E-state index contributed by atoms with van der Waals surface area (Å²) < 4.78 is 0. The van der Waals surface area contributed by atoms with Crippen LogP contribution in [0.25, 0.3) is 0 Å². The molecular formula is C19H25N. The van der Waals surface area contributed by atoms with Crippen LogP contribution in [0.15, 0.2) is 42.5 Å². The Hall–Kier alpha value is -1.60. The van der Waals surface area contributed by atoms with Crippen LogP contribution in [0, 0.1) is 20.8 Å². The van der Waals surface area contributed by atoms with Crippen molar-refractivity contribution in [3.8, 4) is 0 Å². The van der Waals surface area contributed by atoms with E-state index in [1.807, 2.05) is 0 Å². The average molecular weight is 267 g/mol. The third-order valence-corrected chi connectivity index (χ3v) is 3.94. The van der Waals surface area contributed by atoms with Crippen molar-refractivity contribution >= 4 is 0 Å². The zero-order valence-electron chi connectivity index (χ0n) is 13.2. The number of hydrogen-bond donors (Lipinski definition) is 1. The van der Waals surface area contributed by atoms with Crippen LogP contribution in [0.4, 0.5) is 0 Å². The Kier molecular flexibility index (Phi) is 4.61. The number of aryl methyl sites for hydroxylation is 3. The summed E-state index contributed by atoms with van der Waals surface area (Å²) in [5.41, 5.74) is 6.73. The minimum absolute atomic E-state index is 0.352. The second-order valence-corrected chi connectivity index (χ2v) is 5.88. The van der Waals surface area contributed by atoms with Crippen LogP contribution in [0.3, 0.4) is 0 Å². The second kappa shape index (κ2) is 6.23. The Balaban J connectivity index is 2.15. The maximum absolute atomic E-state index is 3.71. The molecule has 1 N–H and O–H groups in total. The van der Waals surface area contributed by atoms with Gasteiger partial charge < -0.3 is 5.32 Å². The van der Waals surface area contributed by atoms with Crippen molar-refractivity contribution in [2.75, 3.05) is 0 Å². The monoisotopic (exact) mass is 267 g/mol. The van der Waals surface area contributed by atoms with Crippen LogP contribution < -0.4 is 5.32 Å². The Morgan fingerprint density at radius 2 is 1.50 bits per heavy atom. The normalized spacial score (nSPS) is 14.1. The van der Waals surface area contributed by atoms with Gasteiger partial charge in [0.15, 0.2) is 0 Å². The molecule has 0 amide bonds. The van der Waals surface area contributed by atoms with E-state index in [2.05, 4.69) is 82.4 Å². The number of nitrogens with one attached hydrogen (secondary N) is 1. The van der Waals surface area contributed by atoms with E-state index < -0.39 is 0 Å². The van der Waals surface area contributed by atoms with Crippen LogP contribution in [-0.4, -0.2) is 0 Å². The van der Waals surface area contributed by atoms with Crippen molar-refractivity contribution in [1.29, 1.82) is 0 Å². The molecule has 0 aromatic heterocycles. The molecule has 0 aliphatic heterocycles. The Labute approximate surface area is 123 Å². The zero-order valence-corrected chi connectivity index (χ0v) is 13.2. The molecule has 2 aromatic rings. The molecular weight excluding hydrogens is 242 g/mol.